The highest BCUT2D eigenvalue weighted by atomic mass is 16.5. The monoisotopic (exact) mass is 283 g/mol. The molecule has 4 heteroatoms. The number of carbonyl (C=O) groups is 2. The lowest BCUT2D eigenvalue weighted by Gasteiger charge is -2.32. The molecule has 0 bridgehead atoms. The number of amides is 1. The van der Waals surface area contributed by atoms with Crippen molar-refractivity contribution in [3.05, 3.63) is 0 Å². The van der Waals surface area contributed by atoms with Gasteiger partial charge in [0.25, 0.3) is 5.91 Å². The standard InChI is InChI=1S/C16H29NO3/c1-12(2)9-17(16(19)11-20-14(4)18)10-15-7-5-13(3)6-8-15/h12-13,15H,5-11H2,1-4H3. The van der Waals surface area contributed by atoms with Crippen molar-refractivity contribution in [1.82, 2.24) is 4.90 Å². The fourth-order valence-corrected chi connectivity index (χ4v) is 2.80. The summed E-state index contributed by atoms with van der Waals surface area (Å²) >= 11 is 0. The van der Waals surface area contributed by atoms with Crippen molar-refractivity contribution in [2.24, 2.45) is 17.8 Å². The molecule has 0 spiro atoms. The Morgan fingerprint density at radius 1 is 1.20 bits per heavy atom. The van der Waals surface area contributed by atoms with Gasteiger partial charge in [-0.25, -0.2) is 0 Å². The summed E-state index contributed by atoms with van der Waals surface area (Å²) in [6.45, 7) is 9.28. The van der Waals surface area contributed by atoms with Gasteiger partial charge in [0.05, 0.1) is 0 Å². The third-order valence-corrected chi connectivity index (χ3v) is 3.95. The zero-order chi connectivity index (χ0) is 15.1. The number of rotatable bonds is 6. The van der Waals surface area contributed by atoms with Crippen LogP contribution in [0.1, 0.15) is 53.4 Å². The molecule has 1 amide bonds. The summed E-state index contributed by atoms with van der Waals surface area (Å²) in [4.78, 5) is 24.9. The van der Waals surface area contributed by atoms with Crippen LogP contribution in [0.3, 0.4) is 0 Å². The topological polar surface area (TPSA) is 46.6 Å². The predicted octanol–water partition coefficient (Wildman–Crippen LogP) is 2.86. The minimum Gasteiger partial charge on any atom is -0.456 e. The first-order chi connectivity index (χ1) is 9.38. The molecule has 0 aromatic carbocycles. The van der Waals surface area contributed by atoms with E-state index in [4.69, 9.17) is 4.74 Å². The quantitative estimate of drug-likeness (QED) is 0.704. The van der Waals surface area contributed by atoms with Gasteiger partial charge in [-0.15, -0.1) is 0 Å². The molecule has 1 aliphatic rings. The van der Waals surface area contributed by atoms with E-state index in [1.165, 1.54) is 32.6 Å². The number of esters is 1. The molecule has 1 fully saturated rings. The summed E-state index contributed by atoms with van der Waals surface area (Å²) in [5.41, 5.74) is 0. The highest BCUT2D eigenvalue weighted by molar-refractivity contribution is 5.80. The van der Waals surface area contributed by atoms with Gasteiger partial charge in [-0.1, -0.05) is 33.6 Å². The molecule has 116 valence electrons. The molecule has 0 heterocycles. The van der Waals surface area contributed by atoms with Crippen LogP contribution in [-0.2, 0) is 14.3 Å². The Bertz CT molecular complexity index is 320. The average molecular weight is 283 g/mol. The molecule has 0 unspecified atom stereocenters. The van der Waals surface area contributed by atoms with Crippen LogP contribution < -0.4 is 0 Å². The van der Waals surface area contributed by atoms with Gasteiger partial charge in [0.15, 0.2) is 6.61 Å². The van der Waals surface area contributed by atoms with Crippen molar-refractivity contribution in [2.45, 2.75) is 53.4 Å². The molecule has 1 aliphatic carbocycles. The Morgan fingerprint density at radius 3 is 2.30 bits per heavy atom. The van der Waals surface area contributed by atoms with Gasteiger partial charge in [-0.2, -0.15) is 0 Å². The van der Waals surface area contributed by atoms with E-state index in [1.807, 2.05) is 4.90 Å². The molecule has 0 radical (unpaired) electrons. The number of hydrogen-bond acceptors (Lipinski definition) is 3. The average Bonchev–Trinajstić information content (AvgIpc) is 2.37. The zero-order valence-electron chi connectivity index (χ0n) is 13.4. The Kier molecular flexibility index (Phi) is 7.03. The van der Waals surface area contributed by atoms with Crippen molar-refractivity contribution in [2.75, 3.05) is 19.7 Å². The zero-order valence-corrected chi connectivity index (χ0v) is 13.4. The fourth-order valence-electron chi connectivity index (χ4n) is 2.80. The van der Waals surface area contributed by atoms with Gasteiger partial charge in [0, 0.05) is 20.0 Å². The molecular formula is C16H29NO3. The molecule has 20 heavy (non-hydrogen) atoms. The number of hydrogen-bond donors (Lipinski definition) is 0. The number of carbonyl (C=O) groups excluding carboxylic acids is 2. The lowest BCUT2D eigenvalue weighted by Crippen LogP contribution is -2.41. The molecule has 1 saturated carbocycles. The summed E-state index contributed by atoms with van der Waals surface area (Å²) in [5.74, 6) is 1.40. The van der Waals surface area contributed by atoms with Crippen molar-refractivity contribution in [1.29, 1.82) is 0 Å². The summed E-state index contributed by atoms with van der Waals surface area (Å²) in [7, 11) is 0. The fraction of sp³-hybridized carbons (Fsp3) is 0.875. The maximum absolute atomic E-state index is 12.2. The minimum absolute atomic E-state index is 0.0625. The van der Waals surface area contributed by atoms with E-state index in [-0.39, 0.29) is 12.5 Å². The maximum Gasteiger partial charge on any atom is 0.303 e. The van der Waals surface area contributed by atoms with Crippen LogP contribution in [0.4, 0.5) is 0 Å². The van der Waals surface area contributed by atoms with Gasteiger partial charge in [0.1, 0.15) is 0 Å². The first-order valence-corrected chi connectivity index (χ1v) is 7.79. The van der Waals surface area contributed by atoms with Gasteiger partial charge < -0.3 is 9.64 Å². The smallest absolute Gasteiger partial charge is 0.303 e. The lowest BCUT2D eigenvalue weighted by molar-refractivity contribution is -0.150. The van der Waals surface area contributed by atoms with Gasteiger partial charge in [-0.3, -0.25) is 9.59 Å². The first-order valence-electron chi connectivity index (χ1n) is 7.79. The molecule has 0 aliphatic heterocycles. The second-order valence-corrected chi connectivity index (χ2v) is 6.60. The molecule has 0 N–H and O–H groups in total. The molecule has 1 rings (SSSR count). The van der Waals surface area contributed by atoms with E-state index >= 15 is 0 Å². The first kappa shape index (κ1) is 17.0. The largest absolute Gasteiger partial charge is 0.456 e. The lowest BCUT2D eigenvalue weighted by atomic mass is 9.82. The van der Waals surface area contributed by atoms with Crippen LogP contribution in [0.15, 0.2) is 0 Å². The molecule has 0 aromatic rings. The molecule has 0 atom stereocenters. The summed E-state index contributed by atoms with van der Waals surface area (Å²) < 4.78 is 4.84. The molecule has 0 saturated heterocycles. The third-order valence-electron chi connectivity index (χ3n) is 3.95. The van der Waals surface area contributed by atoms with Crippen LogP contribution in [0.5, 0.6) is 0 Å². The van der Waals surface area contributed by atoms with Crippen molar-refractivity contribution < 1.29 is 14.3 Å². The van der Waals surface area contributed by atoms with E-state index in [9.17, 15) is 9.59 Å². The predicted molar refractivity (Wildman–Crippen MR) is 79.2 cm³/mol. The molecule has 4 nitrogen and oxygen atoms in total. The van der Waals surface area contributed by atoms with E-state index in [2.05, 4.69) is 20.8 Å². The Hall–Kier alpha value is -1.06. The number of ether oxygens (including phenoxy) is 1. The van der Waals surface area contributed by atoms with Crippen LogP contribution in [0.25, 0.3) is 0 Å². The summed E-state index contributed by atoms with van der Waals surface area (Å²) in [5, 5.41) is 0. The third kappa shape index (κ3) is 6.40. The number of nitrogens with zero attached hydrogens (tertiary/aromatic N) is 1. The van der Waals surface area contributed by atoms with E-state index in [0.717, 1.165) is 19.0 Å². The highest BCUT2D eigenvalue weighted by Gasteiger charge is 2.24. The Labute approximate surface area is 122 Å². The van der Waals surface area contributed by atoms with Gasteiger partial charge >= 0.3 is 5.97 Å². The van der Waals surface area contributed by atoms with E-state index < -0.39 is 5.97 Å². The molecular weight excluding hydrogens is 254 g/mol. The summed E-state index contributed by atoms with van der Waals surface area (Å²) in [6.07, 6.45) is 4.93. The SMILES string of the molecule is CC(=O)OCC(=O)N(CC(C)C)CC1CCC(C)CC1. The Balaban J connectivity index is 2.50. The maximum atomic E-state index is 12.2. The Morgan fingerprint density at radius 2 is 1.80 bits per heavy atom. The molecule has 0 aromatic heterocycles. The van der Waals surface area contributed by atoms with Crippen LogP contribution in [0, 0.1) is 17.8 Å². The highest BCUT2D eigenvalue weighted by Crippen LogP contribution is 2.29. The van der Waals surface area contributed by atoms with Crippen molar-refractivity contribution >= 4 is 11.9 Å². The normalized spacial score (nSPS) is 22.6. The van der Waals surface area contributed by atoms with Crippen LogP contribution in [0.2, 0.25) is 0 Å². The van der Waals surface area contributed by atoms with E-state index in [1.54, 1.807) is 0 Å². The van der Waals surface area contributed by atoms with Crippen LogP contribution >= 0.6 is 0 Å². The van der Waals surface area contributed by atoms with Crippen molar-refractivity contribution in [3.63, 3.8) is 0 Å². The van der Waals surface area contributed by atoms with Gasteiger partial charge in [-0.05, 0) is 30.6 Å². The van der Waals surface area contributed by atoms with E-state index in [0.29, 0.717) is 11.8 Å². The van der Waals surface area contributed by atoms with Crippen molar-refractivity contribution in [3.8, 4) is 0 Å². The second-order valence-electron chi connectivity index (χ2n) is 6.60. The van der Waals surface area contributed by atoms with Crippen LogP contribution in [-0.4, -0.2) is 36.5 Å². The second kappa shape index (κ2) is 8.28. The van der Waals surface area contributed by atoms with Gasteiger partial charge in [0.2, 0.25) is 0 Å². The summed E-state index contributed by atoms with van der Waals surface area (Å²) in [6, 6.07) is 0. The minimum atomic E-state index is -0.394.